The number of aryl methyl sites for hydroxylation is 1. The molecule has 106 valence electrons. The highest BCUT2D eigenvalue weighted by Gasteiger charge is 2.18. The minimum Gasteiger partial charge on any atom is -0.355 e. The summed E-state index contributed by atoms with van der Waals surface area (Å²) in [6, 6.07) is 0. The quantitative estimate of drug-likeness (QED) is 0.614. The molecule has 1 heterocycles. The number of aromatic nitrogens is 3. The smallest absolute Gasteiger partial charge is 0.233 e. The number of rotatable bonds is 7. The molecule has 0 fully saturated rings. The summed E-state index contributed by atoms with van der Waals surface area (Å²) in [5.74, 6) is 1.31. The van der Waals surface area contributed by atoms with Crippen molar-refractivity contribution in [1.82, 2.24) is 20.1 Å². The van der Waals surface area contributed by atoms with E-state index in [1.54, 1.807) is 6.08 Å². The van der Waals surface area contributed by atoms with Crippen molar-refractivity contribution in [2.24, 2.45) is 5.92 Å². The van der Waals surface area contributed by atoms with Crippen molar-refractivity contribution in [2.45, 2.75) is 44.6 Å². The maximum absolute atomic E-state index is 11.9. The zero-order valence-electron chi connectivity index (χ0n) is 12.0. The second-order valence-electron chi connectivity index (χ2n) is 4.83. The number of hydrogen-bond donors (Lipinski definition) is 1. The van der Waals surface area contributed by atoms with Gasteiger partial charge in [0.15, 0.2) is 5.16 Å². The largest absolute Gasteiger partial charge is 0.355 e. The van der Waals surface area contributed by atoms with E-state index >= 15 is 0 Å². The Hall–Kier alpha value is -1.30. The Balaban J connectivity index is 2.63. The zero-order chi connectivity index (χ0) is 14.4. The van der Waals surface area contributed by atoms with Gasteiger partial charge in [0.25, 0.3) is 0 Å². The molecule has 0 radical (unpaired) electrons. The van der Waals surface area contributed by atoms with Crippen molar-refractivity contribution in [3.8, 4) is 0 Å². The number of hydrogen-bond acceptors (Lipinski definition) is 4. The highest BCUT2D eigenvalue weighted by molar-refractivity contribution is 8.00. The highest BCUT2D eigenvalue weighted by Crippen LogP contribution is 2.22. The number of amides is 1. The number of allylic oxidation sites excluding steroid dienone is 1. The molecule has 1 amide bonds. The van der Waals surface area contributed by atoms with Crippen LogP contribution in [0.4, 0.5) is 0 Å². The molecule has 1 atom stereocenters. The topological polar surface area (TPSA) is 59.8 Å². The van der Waals surface area contributed by atoms with Gasteiger partial charge >= 0.3 is 0 Å². The van der Waals surface area contributed by atoms with Crippen LogP contribution in [-0.4, -0.2) is 32.5 Å². The molecule has 1 aromatic rings. The fourth-order valence-electron chi connectivity index (χ4n) is 1.45. The Morgan fingerprint density at radius 1 is 1.47 bits per heavy atom. The first kappa shape index (κ1) is 15.8. The zero-order valence-corrected chi connectivity index (χ0v) is 12.8. The monoisotopic (exact) mass is 282 g/mol. The van der Waals surface area contributed by atoms with Crippen molar-refractivity contribution in [3.63, 3.8) is 0 Å². The molecule has 0 saturated carbocycles. The van der Waals surface area contributed by atoms with Crippen LogP contribution in [0.25, 0.3) is 0 Å². The van der Waals surface area contributed by atoms with Crippen molar-refractivity contribution in [3.05, 3.63) is 18.5 Å². The molecule has 1 N–H and O–H groups in total. The van der Waals surface area contributed by atoms with Gasteiger partial charge in [0, 0.05) is 13.1 Å². The van der Waals surface area contributed by atoms with E-state index in [0.29, 0.717) is 19.0 Å². The molecule has 1 unspecified atom stereocenters. The van der Waals surface area contributed by atoms with E-state index in [2.05, 4.69) is 35.9 Å². The lowest BCUT2D eigenvalue weighted by Gasteiger charge is -2.13. The lowest BCUT2D eigenvalue weighted by molar-refractivity contribution is -0.120. The Bertz CT molecular complexity index is 442. The van der Waals surface area contributed by atoms with Gasteiger partial charge in [-0.3, -0.25) is 4.79 Å². The van der Waals surface area contributed by atoms with Gasteiger partial charge < -0.3 is 9.88 Å². The fraction of sp³-hybridized carbons (Fsp3) is 0.615. The van der Waals surface area contributed by atoms with Gasteiger partial charge in [-0.2, -0.15) is 0 Å². The van der Waals surface area contributed by atoms with Crippen LogP contribution in [0.2, 0.25) is 0 Å². The molecule has 1 rings (SSSR count). The van der Waals surface area contributed by atoms with E-state index in [9.17, 15) is 4.79 Å². The van der Waals surface area contributed by atoms with Crippen molar-refractivity contribution >= 4 is 17.7 Å². The van der Waals surface area contributed by atoms with E-state index in [4.69, 9.17) is 0 Å². The predicted molar refractivity (Wildman–Crippen MR) is 78.1 cm³/mol. The highest BCUT2D eigenvalue weighted by atomic mass is 32.2. The minimum absolute atomic E-state index is 0.0320. The molecule has 0 bridgehead atoms. The van der Waals surface area contributed by atoms with Crippen LogP contribution in [0.1, 0.15) is 26.6 Å². The molecular weight excluding hydrogens is 260 g/mol. The lowest BCUT2D eigenvalue weighted by atomic mass is 10.2. The summed E-state index contributed by atoms with van der Waals surface area (Å²) in [5.41, 5.74) is 0. The maximum Gasteiger partial charge on any atom is 0.233 e. The van der Waals surface area contributed by atoms with Crippen LogP contribution in [0.3, 0.4) is 0 Å². The van der Waals surface area contributed by atoms with Crippen molar-refractivity contribution < 1.29 is 4.79 Å². The average Bonchev–Trinajstić information content (AvgIpc) is 2.69. The van der Waals surface area contributed by atoms with Gasteiger partial charge in [-0.25, -0.2) is 0 Å². The van der Waals surface area contributed by atoms with Gasteiger partial charge in [0.2, 0.25) is 5.91 Å². The average molecular weight is 282 g/mol. The van der Waals surface area contributed by atoms with Crippen LogP contribution in [0.15, 0.2) is 17.8 Å². The lowest BCUT2D eigenvalue weighted by Crippen LogP contribution is -2.33. The van der Waals surface area contributed by atoms with Gasteiger partial charge in [0.05, 0.1) is 5.25 Å². The molecule has 0 aliphatic carbocycles. The standard InChI is InChI=1S/C13H22N4OS/c1-6-7-17-11(5)15-16-13(17)19-10(4)12(18)14-8-9(2)3/h6,9-10H,1,7-8H2,2-5H3,(H,14,18). The fourth-order valence-corrected chi connectivity index (χ4v) is 2.38. The Kier molecular flexibility index (Phi) is 6.08. The van der Waals surface area contributed by atoms with Gasteiger partial charge in [-0.15, -0.1) is 16.8 Å². The molecule has 6 heteroatoms. The van der Waals surface area contributed by atoms with Crippen LogP contribution in [-0.2, 0) is 11.3 Å². The number of carbonyl (C=O) groups is 1. The summed E-state index contributed by atoms with van der Waals surface area (Å²) in [5, 5.41) is 11.6. The van der Waals surface area contributed by atoms with E-state index in [1.807, 2.05) is 18.4 Å². The van der Waals surface area contributed by atoms with Gasteiger partial charge in [-0.05, 0) is 19.8 Å². The normalized spacial score (nSPS) is 12.5. The minimum atomic E-state index is -0.189. The molecule has 0 saturated heterocycles. The second kappa shape index (κ2) is 7.33. The molecule has 19 heavy (non-hydrogen) atoms. The third-order valence-corrected chi connectivity index (χ3v) is 3.63. The molecule has 0 aliphatic heterocycles. The first-order valence-corrected chi connectivity index (χ1v) is 7.28. The molecule has 0 spiro atoms. The Morgan fingerprint density at radius 3 is 2.74 bits per heavy atom. The van der Waals surface area contributed by atoms with E-state index < -0.39 is 0 Å². The maximum atomic E-state index is 11.9. The summed E-state index contributed by atoms with van der Waals surface area (Å²) < 4.78 is 1.95. The Morgan fingerprint density at radius 2 is 2.16 bits per heavy atom. The number of thioether (sulfide) groups is 1. The summed E-state index contributed by atoms with van der Waals surface area (Å²) >= 11 is 1.42. The molecule has 0 aliphatic rings. The van der Waals surface area contributed by atoms with Crippen LogP contribution >= 0.6 is 11.8 Å². The SMILES string of the molecule is C=CCn1c(C)nnc1SC(C)C(=O)NCC(C)C. The predicted octanol–water partition coefficient (Wildman–Crippen LogP) is 2.03. The van der Waals surface area contributed by atoms with Crippen LogP contribution < -0.4 is 5.32 Å². The van der Waals surface area contributed by atoms with Crippen molar-refractivity contribution in [2.75, 3.05) is 6.54 Å². The van der Waals surface area contributed by atoms with E-state index in [0.717, 1.165) is 11.0 Å². The third kappa shape index (κ3) is 4.70. The second-order valence-corrected chi connectivity index (χ2v) is 6.14. The summed E-state index contributed by atoms with van der Waals surface area (Å²) in [7, 11) is 0. The summed E-state index contributed by atoms with van der Waals surface area (Å²) in [6.07, 6.45) is 1.80. The third-order valence-electron chi connectivity index (χ3n) is 2.55. The summed E-state index contributed by atoms with van der Waals surface area (Å²) in [6.45, 7) is 13.0. The Labute approximate surface area is 118 Å². The van der Waals surface area contributed by atoms with Crippen molar-refractivity contribution in [1.29, 1.82) is 0 Å². The first-order chi connectivity index (χ1) is 8.95. The molecule has 1 aromatic heterocycles. The van der Waals surface area contributed by atoms with Gasteiger partial charge in [0.1, 0.15) is 5.82 Å². The van der Waals surface area contributed by atoms with E-state index in [-0.39, 0.29) is 11.2 Å². The number of nitrogens with zero attached hydrogens (tertiary/aromatic N) is 3. The molecule has 0 aromatic carbocycles. The molecular formula is C13H22N4OS. The number of nitrogens with one attached hydrogen (secondary N) is 1. The summed E-state index contributed by atoms with van der Waals surface area (Å²) in [4.78, 5) is 11.9. The van der Waals surface area contributed by atoms with Crippen LogP contribution in [0, 0.1) is 12.8 Å². The van der Waals surface area contributed by atoms with Crippen LogP contribution in [0.5, 0.6) is 0 Å². The van der Waals surface area contributed by atoms with E-state index in [1.165, 1.54) is 11.8 Å². The number of carbonyl (C=O) groups excluding carboxylic acids is 1. The van der Waals surface area contributed by atoms with Gasteiger partial charge in [-0.1, -0.05) is 31.7 Å². The first-order valence-electron chi connectivity index (χ1n) is 6.40. The molecule has 5 nitrogen and oxygen atoms in total.